The molecule has 1 N–H and O–H groups in total. The van der Waals surface area contributed by atoms with Gasteiger partial charge in [0.25, 0.3) is 5.91 Å². The van der Waals surface area contributed by atoms with E-state index in [0.29, 0.717) is 41.6 Å². The summed E-state index contributed by atoms with van der Waals surface area (Å²) in [5.74, 6) is 0.942. The Morgan fingerprint density at radius 2 is 1.91 bits per heavy atom. The second-order valence-electron chi connectivity index (χ2n) is 8.96. The molecule has 1 aliphatic carbocycles. The predicted octanol–water partition coefficient (Wildman–Crippen LogP) is 5.06. The fraction of sp³-hybridized carbons (Fsp3) is 0.400. The van der Waals surface area contributed by atoms with E-state index in [-0.39, 0.29) is 24.3 Å². The number of piperidine rings is 1. The van der Waals surface area contributed by atoms with Crippen LogP contribution < -0.4 is 5.32 Å². The van der Waals surface area contributed by atoms with Gasteiger partial charge in [-0.15, -0.1) is 0 Å². The number of hydrogen-bond donors (Lipinski definition) is 1. The third-order valence-electron chi connectivity index (χ3n) is 6.44. The number of amides is 2. The molecule has 0 bridgehead atoms. The predicted molar refractivity (Wildman–Crippen MR) is 122 cm³/mol. The van der Waals surface area contributed by atoms with E-state index in [1.165, 1.54) is 12.1 Å². The molecule has 1 aliphatic heterocycles. The molecule has 3 aromatic rings. The number of fused-ring (bicyclic) bond motifs is 1. The molecule has 6 nitrogen and oxygen atoms in total. The van der Waals surface area contributed by atoms with Crippen molar-refractivity contribution in [2.75, 3.05) is 13.1 Å². The number of carbonyl (C=O) groups excluding carboxylic acids is 2. The van der Waals surface area contributed by atoms with Gasteiger partial charge in [-0.05, 0) is 67.5 Å². The van der Waals surface area contributed by atoms with Gasteiger partial charge in [-0.2, -0.15) is 0 Å². The summed E-state index contributed by atoms with van der Waals surface area (Å²) in [4.78, 5) is 31.7. The molecule has 2 aliphatic rings. The van der Waals surface area contributed by atoms with E-state index < -0.39 is 5.82 Å². The lowest BCUT2D eigenvalue weighted by atomic mass is 9.92. The molecule has 0 spiro atoms. The summed E-state index contributed by atoms with van der Waals surface area (Å²) in [6, 6.07) is 9.57. The lowest BCUT2D eigenvalue weighted by molar-refractivity contribution is -0.122. The third-order valence-corrected chi connectivity index (χ3v) is 6.80. The normalized spacial score (nSPS) is 16.8. The highest BCUT2D eigenvalue weighted by Gasteiger charge is 2.29. The van der Waals surface area contributed by atoms with E-state index >= 15 is 0 Å². The molecular weight excluding hydrogens is 445 g/mol. The van der Waals surface area contributed by atoms with Crippen LogP contribution in [0.15, 0.2) is 40.8 Å². The minimum atomic E-state index is -0.402. The number of nitrogens with one attached hydrogen (secondary N) is 1. The topological polar surface area (TPSA) is 75.4 Å². The van der Waals surface area contributed by atoms with E-state index in [9.17, 15) is 14.0 Å². The van der Waals surface area contributed by atoms with Crippen LogP contribution in [0.2, 0.25) is 5.02 Å². The first-order chi connectivity index (χ1) is 16.0. The number of oxazole rings is 1. The maximum absolute atomic E-state index is 13.1. The Hall–Kier alpha value is -2.93. The average molecular weight is 470 g/mol. The Balaban J connectivity index is 1.11. The van der Waals surface area contributed by atoms with Gasteiger partial charge in [-0.1, -0.05) is 17.7 Å². The number of aromatic nitrogens is 1. The number of halogens is 2. The molecule has 0 atom stereocenters. The summed E-state index contributed by atoms with van der Waals surface area (Å²) in [7, 11) is 0. The Labute approximate surface area is 196 Å². The summed E-state index contributed by atoms with van der Waals surface area (Å²) in [5, 5.41) is 3.16. The maximum atomic E-state index is 13.1. The van der Waals surface area contributed by atoms with Gasteiger partial charge in [0, 0.05) is 42.6 Å². The number of likely N-dealkylation sites (tertiary alicyclic amines) is 1. The molecule has 2 heterocycles. The first kappa shape index (κ1) is 21.9. The summed E-state index contributed by atoms with van der Waals surface area (Å²) >= 11 is 6.01. The summed E-state index contributed by atoms with van der Waals surface area (Å²) in [6.45, 7) is 1.50. The molecular formula is C25H25ClFN3O3. The van der Waals surface area contributed by atoms with Crippen LogP contribution in [0.3, 0.4) is 0 Å². The largest absolute Gasteiger partial charge is 0.440 e. The number of carbonyl (C=O) groups is 2. The van der Waals surface area contributed by atoms with Crippen molar-refractivity contribution < 1.29 is 18.4 Å². The fourth-order valence-corrected chi connectivity index (χ4v) is 4.53. The first-order valence-electron chi connectivity index (χ1n) is 11.4. The van der Waals surface area contributed by atoms with Crippen LogP contribution in [-0.4, -0.2) is 34.8 Å². The third kappa shape index (κ3) is 5.03. The van der Waals surface area contributed by atoms with Crippen LogP contribution in [0.4, 0.5) is 4.39 Å². The van der Waals surface area contributed by atoms with Crippen LogP contribution in [0.25, 0.3) is 11.1 Å². The van der Waals surface area contributed by atoms with E-state index in [1.807, 2.05) is 17.0 Å². The van der Waals surface area contributed by atoms with Gasteiger partial charge < -0.3 is 14.6 Å². The zero-order valence-electron chi connectivity index (χ0n) is 18.2. The van der Waals surface area contributed by atoms with E-state index in [1.54, 1.807) is 12.1 Å². The minimum absolute atomic E-state index is 0.0123. The van der Waals surface area contributed by atoms with Gasteiger partial charge in [0.1, 0.15) is 11.3 Å². The number of nitrogens with zero attached hydrogens (tertiary/aromatic N) is 2. The van der Waals surface area contributed by atoms with Crippen molar-refractivity contribution in [1.82, 2.24) is 15.2 Å². The van der Waals surface area contributed by atoms with Crippen LogP contribution in [0.1, 0.15) is 59.8 Å². The Morgan fingerprint density at radius 1 is 1.12 bits per heavy atom. The van der Waals surface area contributed by atoms with E-state index in [0.717, 1.165) is 42.7 Å². The quantitative estimate of drug-likeness (QED) is 0.547. The Bertz CT molecular complexity index is 1200. The summed E-state index contributed by atoms with van der Waals surface area (Å²) in [6.07, 6.45) is 4.18. The Morgan fingerprint density at radius 3 is 2.64 bits per heavy atom. The maximum Gasteiger partial charge on any atom is 0.253 e. The highest BCUT2D eigenvalue weighted by molar-refractivity contribution is 6.31. The van der Waals surface area contributed by atoms with E-state index in [4.69, 9.17) is 16.0 Å². The summed E-state index contributed by atoms with van der Waals surface area (Å²) in [5.41, 5.74) is 2.75. The van der Waals surface area contributed by atoms with Crippen molar-refractivity contribution in [2.24, 2.45) is 5.92 Å². The first-order valence-corrected chi connectivity index (χ1v) is 11.7. The van der Waals surface area contributed by atoms with Gasteiger partial charge in [0.15, 0.2) is 11.5 Å². The molecule has 0 unspecified atom stereocenters. The van der Waals surface area contributed by atoms with Crippen molar-refractivity contribution >= 4 is 34.5 Å². The zero-order chi connectivity index (χ0) is 22.9. The average Bonchev–Trinajstić information content (AvgIpc) is 3.57. The van der Waals surface area contributed by atoms with E-state index in [2.05, 4.69) is 10.3 Å². The molecule has 2 aromatic carbocycles. The van der Waals surface area contributed by atoms with Crippen molar-refractivity contribution in [2.45, 2.75) is 44.6 Å². The minimum Gasteiger partial charge on any atom is -0.440 e. The second-order valence-corrected chi connectivity index (χ2v) is 9.37. The van der Waals surface area contributed by atoms with Crippen molar-refractivity contribution in [3.63, 3.8) is 0 Å². The number of rotatable bonds is 6. The van der Waals surface area contributed by atoms with Crippen LogP contribution in [-0.2, 0) is 11.3 Å². The van der Waals surface area contributed by atoms with Crippen LogP contribution >= 0.6 is 11.6 Å². The molecule has 33 heavy (non-hydrogen) atoms. The van der Waals surface area contributed by atoms with Crippen molar-refractivity contribution in [3.8, 4) is 0 Å². The highest BCUT2D eigenvalue weighted by Crippen LogP contribution is 2.40. The van der Waals surface area contributed by atoms with Gasteiger partial charge >= 0.3 is 0 Å². The fourth-order valence-electron chi connectivity index (χ4n) is 4.30. The van der Waals surface area contributed by atoms with Crippen LogP contribution in [0.5, 0.6) is 0 Å². The lowest BCUT2D eigenvalue weighted by Crippen LogP contribution is -2.39. The van der Waals surface area contributed by atoms with Gasteiger partial charge in [-0.25, -0.2) is 9.37 Å². The molecule has 1 aromatic heterocycles. The van der Waals surface area contributed by atoms with Crippen LogP contribution in [0, 0.1) is 11.7 Å². The van der Waals surface area contributed by atoms with Gasteiger partial charge in [-0.3, -0.25) is 9.59 Å². The molecule has 2 amide bonds. The van der Waals surface area contributed by atoms with Gasteiger partial charge in [0.05, 0.1) is 0 Å². The Kier molecular flexibility index (Phi) is 6.06. The monoisotopic (exact) mass is 469 g/mol. The molecule has 0 radical (unpaired) electrons. The lowest BCUT2D eigenvalue weighted by Gasteiger charge is -2.31. The van der Waals surface area contributed by atoms with Crippen molar-refractivity contribution in [1.29, 1.82) is 0 Å². The number of benzene rings is 2. The molecule has 2 fully saturated rings. The molecule has 1 saturated carbocycles. The smallest absolute Gasteiger partial charge is 0.253 e. The molecule has 8 heteroatoms. The molecule has 1 saturated heterocycles. The second kappa shape index (κ2) is 9.14. The summed E-state index contributed by atoms with van der Waals surface area (Å²) < 4.78 is 18.9. The van der Waals surface area contributed by atoms with Gasteiger partial charge in [0.2, 0.25) is 5.91 Å². The molecule has 172 valence electrons. The van der Waals surface area contributed by atoms with Crippen molar-refractivity contribution in [3.05, 3.63) is 64.3 Å². The SMILES string of the molecule is O=C(CC1CCN(C(=O)c2ccc3oc(C4CC4)nc3c2)CC1)NCc1ccc(F)cc1Cl. The zero-order valence-corrected chi connectivity index (χ0v) is 18.9. The number of hydrogen-bond acceptors (Lipinski definition) is 4. The standard InChI is InChI=1S/C25H25ClFN3O3/c26-20-13-19(27)5-3-18(20)14-28-23(31)11-15-7-9-30(10-8-15)25(32)17-4-6-22-21(12-17)29-24(33-22)16-1-2-16/h3-6,12-13,15-16H,1-2,7-11,14H2,(H,28,31). The highest BCUT2D eigenvalue weighted by atomic mass is 35.5. The molecule has 5 rings (SSSR count).